The Hall–Kier alpha value is -8.25. The van der Waals surface area contributed by atoms with Gasteiger partial charge in [-0.25, -0.2) is 19.3 Å². The summed E-state index contributed by atoms with van der Waals surface area (Å²) in [6.45, 7) is 2.56. The minimum Gasteiger partial charge on any atom is -0.481 e. The molecule has 0 radical (unpaired) electrons. The maximum Gasteiger partial charge on any atom is 0.303 e. The molecule has 0 bridgehead atoms. The topological polar surface area (TPSA) is 559 Å². The van der Waals surface area contributed by atoms with Gasteiger partial charge in [-0.1, -0.05) is 114 Å². The van der Waals surface area contributed by atoms with Gasteiger partial charge in [0.05, 0.1) is 53.1 Å². The number of nitrogens with two attached hydrogens (primary N) is 5. The van der Waals surface area contributed by atoms with Crippen molar-refractivity contribution in [2.24, 2.45) is 28.7 Å². The van der Waals surface area contributed by atoms with Crippen molar-refractivity contribution in [1.82, 2.24) is 35.9 Å². The minimum absolute atomic E-state index is 0.0380. The van der Waals surface area contributed by atoms with Crippen LogP contribution in [-0.4, -0.2) is 231 Å². The highest BCUT2D eigenvalue weighted by Gasteiger charge is 2.20. The highest BCUT2D eigenvalue weighted by atomic mass is 33.1. The first-order valence-electron chi connectivity index (χ1n) is 45.1. The summed E-state index contributed by atoms with van der Waals surface area (Å²) in [5.41, 5.74) is 29.0. The van der Waals surface area contributed by atoms with Crippen LogP contribution in [0.5, 0.6) is 5.88 Å². The lowest BCUT2D eigenvalue weighted by Crippen LogP contribution is -2.25. The van der Waals surface area contributed by atoms with Crippen LogP contribution in [0, 0.1) is 5.82 Å². The van der Waals surface area contributed by atoms with Gasteiger partial charge in [-0.3, -0.25) is 67.3 Å². The predicted octanol–water partition coefficient (Wildman–Crippen LogP) is 15.6. The number of aliphatic carboxylic acids is 4. The average molecular weight is 2150 g/mol. The highest BCUT2D eigenvalue weighted by Crippen LogP contribution is 2.39. The number of carbonyl (C=O) groups is 14. The number of carboxylic acids is 4. The van der Waals surface area contributed by atoms with Gasteiger partial charge in [-0.15, -0.1) is 47.0 Å². The zero-order valence-electron chi connectivity index (χ0n) is 78.5. The zero-order valence-corrected chi connectivity index (χ0v) is 88.3. The van der Waals surface area contributed by atoms with Gasteiger partial charge in [0.25, 0.3) is 5.91 Å². The largest absolute Gasteiger partial charge is 0.481 e. The Labute approximate surface area is 864 Å². The van der Waals surface area contributed by atoms with Gasteiger partial charge in [0.15, 0.2) is 0 Å². The van der Waals surface area contributed by atoms with E-state index in [1.807, 2.05) is 101 Å². The fourth-order valence-electron chi connectivity index (χ4n) is 11.8. The standard InChI is InChI=1S/C19H27FN2O4S2.C19H28N4O5S2.C19H29N3O5S2.C19H24N2OS4.C18H26N2O4S2/c20-16-7-3-1-5-14(16)11-22-18(24)13-27-10-9-15(28-12-17(21)23)6-2-4-8-19(25)26;20-16(24)11-30-14(3-1-2-4-18(26)27)7-8-29-12-17(25)23-10-13-5-6-15(19(21)28)22-9-13;1-27-18-7-6-14(11-22-18)10-21-17(24)13-28-9-8-15(29-12-16(20)23)4-2-3-5-19(25)26;1-16(22)8-2-3-9-17(24-26-19-11-5-7-14-21-19)12-15-23-25-18-10-4-6-13-20-18;19-16(21)12-26-15(8-4-5-9-18(23)24)10-11-25-13-17(22)20-14-6-2-1-3-7-14/h1,3,5,7,15H,2,4,6,8-13H2,(H2,21,23)(H,22,24)(H,25,26);5-6,9,14H,1-4,7-8,10-12H2,(H2,20,24)(H2,21,28)(H,23,25)(H,26,27);6-7,11,15H,2-5,8-10,12-13H2,1H3,(H2,20,23)(H,21,24)(H,25,26);4-7,10-11,13-14,17H,2-3,8-9,12,15H2,1H3;1-3,6-7,15H,4-5,8-13H2,(H2,19,21)(H,20,22)(H,23,24). The van der Waals surface area contributed by atoms with E-state index in [2.05, 4.69) is 47.3 Å². The number of thioether (sulfide) groups is 8. The summed E-state index contributed by atoms with van der Waals surface area (Å²) in [7, 11) is 8.82. The molecule has 0 saturated carbocycles. The van der Waals surface area contributed by atoms with Crippen LogP contribution in [0.3, 0.4) is 0 Å². The van der Waals surface area contributed by atoms with Crippen molar-refractivity contribution in [1.29, 1.82) is 0 Å². The van der Waals surface area contributed by atoms with Crippen molar-refractivity contribution >= 4 is 226 Å². The van der Waals surface area contributed by atoms with Gasteiger partial charge in [0, 0.05) is 126 Å². The van der Waals surface area contributed by atoms with Crippen LogP contribution in [0.1, 0.15) is 195 Å². The zero-order chi connectivity index (χ0) is 102. The number of hydrogen-bond acceptors (Lipinski definition) is 31. The number of anilines is 1. The molecule has 4 heterocycles. The molecule has 18 N–H and O–H groups in total. The number of unbranched alkanes of at least 4 members (excludes halogenated alkanes) is 5. The molecule has 2 aromatic carbocycles. The molecule has 0 aliphatic heterocycles. The number of aromatic nitrogens is 4. The van der Waals surface area contributed by atoms with Gasteiger partial charge in [0.2, 0.25) is 53.1 Å². The molecule has 5 atom stereocenters. The van der Waals surface area contributed by atoms with Crippen molar-refractivity contribution in [2.75, 3.05) is 87.2 Å². The number of hydrogen-bond donors (Lipinski definition) is 13. The van der Waals surface area contributed by atoms with Gasteiger partial charge < -0.3 is 79.9 Å². The quantitative estimate of drug-likeness (QED) is 0.0125. The number of ketones is 1. The molecule has 0 fully saturated rings. The molecule has 0 aliphatic carbocycles. The fraction of sp³-hybridized carbons (Fsp3) is 0.511. The molecule has 9 amide bonds. The third-order valence-electron chi connectivity index (χ3n) is 18.9. The summed E-state index contributed by atoms with van der Waals surface area (Å²) in [6.07, 6.45) is 24.8. The van der Waals surface area contributed by atoms with Crippen molar-refractivity contribution in [2.45, 2.75) is 223 Å². The van der Waals surface area contributed by atoms with E-state index in [-0.39, 0.29) is 141 Å². The van der Waals surface area contributed by atoms with E-state index in [0.29, 0.717) is 84.9 Å². The first-order chi connectivity index (χ1) is 66.8. The minimum atomic E-state index is -0.808. The van der Waals surface area contributed by atoms with E-state index in [9.17, 15) is 71.5 Å². The van der Waals surface area contributed by atoms with Crippen molar-refractivity contribution in [3.8, 4) is 5.88 Å². The van der Waals surface area contributed by atoms with Crippen LogP contribution >= 0.6 is 137 Å². The summed E-state index contributed by atoms with van der Waals surface area (Å²) < 4.78 is 18.5. The molecular weight excluding hydrogens is 2020 g/mol. The molecule has 6 rings (SSSR count). The molecule has 0 spiro atoms. The number of nitrogens with one attached hydrogen (secondary N) is 4. The number of amides is 9. The maximum absolute atomic E-state index is 13.5. The number of ether oxygens (including phenoxy) is 1. The normalized spacial score (nSPS) is 11.7. The number of pyridine rings is 4. The average Bonchev–Trinajstić information content (AvgIpc) is 0.907. The second-order valence-electron chi connectivity index (χ2n) is 30.8. The van der Waals surface area contributed by atoms with E-state index < -0.39 is 29.8 Å². The van der Waals surface area contributed by atoms with E-state index >= 15 is 0 Å². The number of carbonyl (C=O) groups excluding carboxylic acids is 10. The van der Waals surface area contributed by atoms with E-state index in [4.69, 9.17) is 53.8 Å². The first kappa shape index (κ1) is 127. The number of methoxy groups -OCH3 is 1. The second-order valence-corrected chi connectivity index (χ2v) is 45.3. The highest BCUT2D eigenvalue weighted by molar-refractivity contribution is 8.77. The Morgan fingerprint density at radius 2 is 0.741 bits per heavy atom. The molecule has 768 valence electrons. The Kier molecular flexibility index (Phi) is 75.9. The lowest BCUT2D eigenvalue weighted by molar-refractivity contribution is -0.138. The van der Waals surface area contributed by atoms with Crippen molar-refractivity contribution in [3.63, 3.8) is 0 Å². The number of primary amides is 5. The monoisotopic (exact) mass is 2150 g/mol. The summed E-state index contributed by atoms with van der Waals surface area (Å²) in [6, 6.07) is 34.5. The molecule has 6 aromatic rings. The Morgan fingerprint density at radius 1 is 0.374 bits per heavy atom. The Bertz CT molecular complexity index is 4500. The molecule has 0 aliphatic rings. The molecule has 32 nitrogen and oxygen atoms in total. The maximum atomic E-state index is 13.5. The van der Waals surface area contributed by atoms with Gasteiger partial charge in [-0.05, 0) is 207 Å². The Balaban J connectivity index is 0.000000588. The number of benzene rings is 2. The van der Waals surface area contributed by atoms with E-state index in [0.717, 1.165) is 158 Å². The summed E-state index contributed by atoms with van der Waals surface area (Å²) in [4.78, 5) is 173. The molecular formula is C94H134FN13O19S12. The second kappa shape index (κ2) is 83.2. The smallest absolute Gasteiger partial charge is 0.303 e. The van der Waals surface area contributed by atoms with Crippen LogP contribution in [0.25, 0.3) is 0 Å². The SMILES string of the molecule is CC(=O)CCCCC(CCSSc1ccccn1)SSc1ccccn1.COc1ccc(CNC(=O)CSCCC(CCCCC(=O)O)SCC(N)=O)cn1.NC(=O)CSC(CCCCC(=O)O)CCSCC(=O)NCc1ccc(C(N)=O)nc1.NC(=O)CSC(CCCCC(=O)O)CCSCC(=O)NCc1ccccc1F.NC(=O)CSC(CCCCC(=O)O)CCSCC(=O)Nc1ccccc1. The van der Waals surface area contributed by atoms with E-state index in [1.54, 1.807) is 83.9 Å². The van der Waals surface area contributed by atoms with Gasteiger partial charge in [0.1, 0.15) is 27.3 Å². The summed E-state index contributed by atoms with van der Waals surface area (Å²) >= 11 is 12.0. The number of Topliss-reactive ketones (excluding diaryl/α,β-unsaturated/α-hetero) is 1. The molecule has 5 unspecified atom stereocenters. The molecule has 4 aromatic heterocycles. The van der Waals surface area contributed by atoms with Crippen LogP contribution in [-0.2, 0) is 82.0 Å². The fourth-order valence-corrected chi connectivity index (χ4v) is 24.6. The van der Waals surface area contributed by atoms with Crippen molar-refractivity contribution < 1.29 is 96.7 Å². The van der Waals surface area contributed by atoms with Gasteiger partial charge >= 0.3 is 23.9 Å². The third-order valence-corrected chi connectivity index (χ3v) is 33.6. The van der Waals surface area contributed by atoms with Crippen LogP contribution < -0.4 is 54.7 Å². The number of carboxylic acid groups (broad SMARTS) is 4. The lowest BCUT2D eigenvalue weighted by atomic mass is 10.1. The number of para-hydroxylation sites is 1. The Morgan fingerprint density at radius 3 is 1.10 bits per heavy atom. The van der Waals surface area contributed by atoms with Crippen LogP contribution in [0.4, 0.5) is 10.1 Å². The molecule has 45 heteroatoms. The number of nitrogens with zero attached hydrogens (tertiary/aromatic N) is 4. The summed E-state index contributed by atoms with van der Waals surface area (Å²) in [5.74, 6) is 1.35. The predicted molar refractivity (Wildman–Crippen MR) is 572 cm³/mol. The summed E-state index contributed by atoms with van der Waals surface area (Å²) in [5, 5.41) is 49.5. The van der Waals surface area contributed by atoms with Crippen LogP contribution in [0.2, 0.25) is 0 Å². The third kappa shape index (κ3) is 76.2. The molecule has 0 saturated heterocycles. The number of rotatable bonds is 74. The van der Waals surface area contributed by atoms with Crippen LogP contribution in [0.15, 0.2) is 150 Å². The van der Waals surface area contributed by atoms with E-state index in [1.165, 1.54) is 101 Å². The number of halogens is 1. The van der Waals surface area contributed by atoms with Gasteiger partial charge in [-0.2, -0.15) is 47.0 Å². The lowest BCUT2D eigenvalue weighted by Gasteiger charge is -2.15. The van der Waals surface area contributed by atoms with Crippen molar-refractivity contribution in [3.05, 3.63) is 168 Å². The molecule has 139 heavy (non-hydrogen) atoms. The first-order valence-corrected chi connectivity index (χ1v) is 58.5.